The zero-order valence-electron chi connectivity index (χ0n) is 18.0. The third-order valence-corrected chi connectivity index (χ3v) is 5.90. The maximum absolute atomic E-state index is 12.6. The number of phenols is 1. The SMILES string of the molecule is COc1ccc(C=Nn2c(C)nnc2SCC(O)Cn2cnc3ccccc3c2=O)cc1O. The van der Waals surface area contributed by atoms with Gasteiger partial charge >= 0.3 is 0 Å². The second-order valence-corrected chi connectivity index (χ2v) is 8.19. The predicted molar refractivity (Wildman–Crippen MR) is 125 cm³/mol. The van der Waals surface area contributed by atoms with Crippen LogP contribution in [0.15, 0.2) is 63.8 Å². The summed E-state index contributed by atoms with van der Waals surface area (Å²) in [5.74, 6) is 1.23. The van der Waals surface area contributed by atoms with Crippen molar-refractivity contribution >= 4 is 28.9 Å². The molecule has 4 rings (SSSR count). The number of hydrogen-bond acceptors (Lipinski definition) is 9. The second kappa shape index (κ2) is 9.84. The first-order valence-corrected chi connectivity index (χ1v) is 11.0. The molecule has 0 aliphatic carbocycles. The number of methoxy groups -OCH3 is 1. The highest BCUT2D eigenvalue weighted by Gasteiger charge is 2.14. The number of aryl methyl sites for hydroxylation is 1. The molecule has 1 atom stereocenters. The highest BCUT2D eigenvalue weighted by Crippen LogP contribution is 2.25. The Morgan fingerprint density at radius 2 is 2.06 bits per heavy atom. The van der Waals surface area contributed by atoms with Gasteiger partial charge in [0.05, 0.1) is 43.2 Å². The summed E-state index contributed by atoms with van der Waals surface area (Å²) in [4.78, 5) is 16.9. The summed E-state index contributed by atoms with van der Waals surface area (Å²) in [5, 5.41) is 34.0. The number of aliphatic hydroxyl groups is 1. The summed E-state index contributed by atoms with van der Waals surface area (Å²) in [5.41, 5.74) is 1.09. The smallest absolute Gasteiger partial charge is 0.261 e. The highest BCUT2D eigenvalue weighted by atomic mass is 32.2. The molecule has 2 heterocycles. The van der Waals surface area contributed by atoms with Crippen molar-refractivity contribution in [3.63, 3.8) is 0 Å². The van der Waals surface area contributed by atoms with Crippen molar-refractivity contribution in [1.29, 1.82) is 0 Å². The number of aliphatic hydroxyl groups excluding tert-OH is 1. The van der Waals surface area contributed by atoms with Crippen LogP contribution in [0.25, 0.3) is 10.9 Å². The molecule has 1 unspecified atom stereocenters. The molecule has 0 bridgehead atoms. The number of hydrogen-bond donors (Lipinski definition) is 2. The Morgan fingerprint density at radius 3 is 2.85 bits per heavy atom. The average molecular weight is 467 g/mol. The maximum Gasteiger partial charge on any atom is 0.261 e. The Hall–Kier alpha value is -3.70. The van der Waals surface area contributed by atoms with Gasteiger partial charge in [0.2, 0.25) is 5.16 Å². The van der Waals surface area contributed by atoms with Gasteiger partial charge < -0.3 is 14.9 Å². The van der Waals surface area contributed by atoms with Crippen LogP contribution in [0.2, 0.25) is 0 Å². The maximum atomic E-state index is 12.6. The minimum atomic E-state index is -0.816. The van der Waals surface area contributed by atoms with E-state index in [9.17, 15) is 15.0 Å². The van der Waals surface area contributed by atoms with Gasteiger partial charge in [-0.3, -0.25) is 9.36 Å². The van der Waals surface area contributed by atoms with Gasteiger partial charge in [-0.1, -0.05) is 23.9 Å². The van der Waals surface area contributed by atoms with Gasteiger partial charge in [0.15, 0.2) is 17.3 Å². The predicted octanol–water partition coefficient (Wildman–Crippen LogP) is 2.05. The molecule has 0 saturated heterocycles. The van der Waals surface area contributed by atoms with E-state index < -0.39 is 6.10 Å². The van der Waals surface area contributed by atoms with Crippen LogP contribution in [0, 0.1) is 6.92 Å². The van der Waals surface area contributed by atoms with Crippen molar-refractivity contribution in [1.82, 2.24) is 24.4 Å². The normalized spacial score (nSPS) is 12.5. The van der Waals surface area contributed by atoms with E-state index >= 15 is 0 Å². The first-order valence-electron chi connectivity index (χ1n) is 10.0. The summed E-state index contributed by atoms with van der Waals surface area (Å²) in [6.07, 6.45) is 2.19. The molecule has 0 radical (unpaired) electrons. The molecule has 0 spiro atoms. The Labute approximate surface area is 193 Å². The molecule has 2 aromatic carbocycles. The second-order valence-electron chi connectivity index (χ2n) is 7.20. The van der Waals surface area contributed by atoms with Crippen molar-refractivity contribution in [3.05, 3.63) is 70.5 Å². The van der Waals surface area contributed by atoms with E-state index in [2.05, 4.69) is 20.3 Å². The summed E-state index contributed by atoms with van der Waals surface area (Å²) in [6.45, 7) is 1.86. The van der Waals surface area contributed by atoms with Gasteiger partial charge in [0.25, 0.3) is 5.56 Å². The molecule has 33 heavy (non-hydrogen) atoms. The van der Waals surface area contributed by atoms with Crippen molar-refractivity contribution in [3.8, 4) is 11.5 Å². The first kappa shape index (κ1) is 22.5. The lowest BCUT2D eigenvalue weighted by atomic mass is 10.2. The zero-order valence-corrected chi connectivity index (χ0v) is 18.8. The van der Waals surface area contributed by atoms with Crippen molar-refractivity contribution in [2.45, 2.75) is 24.7 Å². The van der Waals surface area contributed by atoms with E-state index in [1.54, 1.807) is 48.1 Å². The number of benzene rings is 2. The monoisotopic (exact) mass is 466 g/mol. The lowest BCUT2D eigenvalue weighted by Crippen LogP contribution is -2.28. The number of thioether (sulfide) groups is 1. The van der Waals surface area contributed by atoms with Crippen molar-refractivity contribution in [2.24, 2.45) is 5.10 Å². The molecule has 2 N–H and O–H groups in total. The third-order valence-electron chi connectivity index (χ3n) is 4.84. The molecule has 0 aliphatic heterocycles. The largest absolute Gasteiger partial charge is 0.504 e. The Morgan fingerprint density at radius 1 is 1.24 bits per heavy atom. The number of phenolic OH excluding ortho intramolecular Hbond substituents is 1. The Bertz CT molecular complexity index is 1370. The molecule has 170 valence electrons. The van der Waals surface area contributed by atoms with Gasteiger partial charge in [-0.05, 0) is 42.8 Å². The van der Waals surface area contributed by atoms with Crippen LogP contribution in [-0.4, -0.2) is 59.8 Å². The van der Waals surface area contributed by atoms with Crippen LogP contribution in [0.3, 0.4) is 0 Å². The van der Waals surface area contributed by atoms with Crippen molar-refractivity contribution < 1.29 is 14.9 Å². The molecule has 2 aromatic heterocycles. The van der Waals surface area contributed by atoms with Crippen LogP contribution in [-0.2, 0) is 6.54 Å². The fourth-order valence-electron chi connectivity index (χ4n) is 3.16. The number of ether oxygens (including phenoxy) is 1. The standard InChI is InChI=1S/C22H22N6O4S/c1-14-25-26-22(28(14)24-10-15-7-8-20(32-2)19(30)9-15)33-12-16(29)11-27-13-23-18-6-4-3-5-17(18)21(27)31/h3-10,13,16,29-30H,11-12H2,1-2H3. The summed E-state index contributed by atoms with van der Waals surface area (Å²) >= 11 is 1.27. The number of nitrogens with zero attached hydrogens (tertiary/aromatic N) is 6. The fourth-order valence-corrected chi connectivity index (χ4v) is 4.01. The van der Waals surface area contributed by atoms with E-state index in [-0.39, 0.29) is 23.6 Å². The number of para-hydroxylation sites is 1. The van der Waals surface area contributed by atoms with Crippen LogP contribution in [0.4, 0.5) is 0 Å². The lowest BCUT2D eigenvalue weighted by Gasteiger charge is -2.12. The van der Waals surface area contributed by atoms with Gasteiger partial charge in [0, 0.05) is 5.75 Å². The van der Waals surface area contributed by atoms with Gasteiger partial charge in [0.1, 0.15) is 0 Å². The summed E-state index contributed by atoms with van der Waals surface area (Å²) in [6, 6.07) is 12.0. The molecule has 4 aromatic rings. The lowest BCUT2D eigenvalue weighted by molar-refractivity contribution is 0.176. The van der Waals surface area contributed by atoms with E-state index in [1.807, 2.05) is 6.07 Å². The quantitative estimate of drug-likeness (QED) is 0.298. The van der Waals surface area contributed by atoms with Gasteiger partial charge in [-0.25, -0.2) is 4.98 Å². The molecular weight excluding hydrogens is 444 g/mol. The molecule has 0 saturated carbocycles. The number of fused-ring (bicyclic) bond motifs is 1. The molecular formula is C22H22N6O4S. The van der Waals surface area contributed by atoms with Crippen molar-refractivity contribution in [2.75, 3.05) is 12.9 Å². The minimum absolute atomic E-state index is 0.0121. The van der Waals surface area contributed by atoms with E-state index in [0.717, 1.165) is 0 Å². The van der Waals surface area contributed by atoms with Gasteiger partial charge in [-0.2, -0.15) is 9.78 Å². The molecule has 0 aliphatic rings. The average Bonchev–Trinajstić information content (AvgIpc) is 3.17. The summed E-state index contributed by atoms with van der Waals surface area (Å²) < 4.78 is 7.99. The van der Waals surface area contributed by atoms with Crippen LogP contribution in [0.5, 0.6) is 11.5 Å². The molecule has 10 nitrogen and oxygen atoms in total. The third kappa shape index (κ3) is 5.04. The van der Waals surface area contributed by atoms with E-state index in [4.69, 9.17) is 4.74 Å². The molecule has 11 heteroatoms. The van der Waals surface area contributed by atoms with Crippen LogP contribution < -0.4 is 10.3 Å². The molecule has 0 amide bonds. The number of aromatic hydroxyl groups is 1. The summed E-state index contributed by atoms with van der Waals surface area (Å²) in [7, 11) is 1.48. The number of rotatable bonds is 8. The first-order chi connectivity index (χ1) is 16.0. The Balaban J connectivity index is 1.44. The van der Waals surface area contributed by atoms with Crippen LogP contribution in [0.1, 0.15) is 11.4 Å². The van der Waals surface area contributed by atoms with E-state index in [1.165, 1.54) is 35.8 Å². The van der Waals surface area contributed by atoms with Gasteiger partial charge in [-0.15, -0.1) is 10.2 Å². The minimum Gasteiger partial charge on any atom is -0.504 e. The zero-order chi connectivity index (χ0) is 23.4. The fraction of sp³-hybridized carbons (Fsp3) is 0.227. The Kier molecular flexibility index (Phi) is 6.71. The molecule has 0 fully saturated rings. The van der Waals surface area contributed by atoms with Crippen LogP contribution >= 0.6 is 11.8 Å². The van der Waals surface area contributed by atoms with E-state index in [0.29, 0.717) is 33.2 Å². The highest BCUT2D eigenvalue weighted by molar-refractivity contribution is 7.99. The number of aromatic nitrogens is 5. The topological polar surface area (TPSA) is 128 Å².